The van der Waals surface area contributed by atoms with Crippen molar-refractivity contribution in [3.05, 3.63) is 23.0 Å². The molecular weight excluding hydrogens is 186 g/mol. The molecule has 0 saturated carbocycles. The summed E-state index contributed by atoms with van der Waals surface area (Å²) in [6, 6.07) is 0. The summed E-state index contributed by atoms with van der Waals surface area (Å²) >= 11 is 3.93. The summed E-state index contributed by atoms with van der Waals surface area (Å²) in [4.78, 5) is 2.05. The number of nitrogens with two attached hydrogens (primary N) is 2. The van der Waals surface area contributed by atoms with Crippen LogP contribution in [0.25, 0.3) is 0 Å². The summed E-state index contributed by atoms with van der Waals surface area (Å²) in [5.74, 6) is 0.709. The van der Waals surface area contributed by atoms with Crippen molar-refractivity contribution in [3.63, 3.8) is 0 Å². The minimum absolute atomic E-state index is 0.455. The molecule has 1 fully saturated rings. The Bertz CT molecular complexity index is 217. The minimum atomic E-state index is 0.455. The average molecular weight is 201 g/mol. The molecule has 1 rings (SSSR count). The molecule has 1 aliphatic heterocycles. The van der Waals surface area contributed by atoms with Gasteiger partial charge in [-0.05, 0) is 12.2 Å². The van der Waals surface area contributed by atoms with Crippen LogP contribution in [0.4, 0.5) is 0 Å². The maximum atomic E-state index is 5.79. The fourth-order valence-corrected chi connectivity index (χ4v) is 1.17. The van der Waals surface area contributed by atoms with E-state index in [-0.39, 0.29) is 0 Å². The van der Waals surface area contributed by atoms with Gasteiger partial charge in [0.05, 0.1) is 24.1 Å². The van der Waals surface area contributed by atoms with Gasteiger partial charge < -0.3 is 21.1 Å². The maximum Gasteiger partial charge on any atom is 0.0988 e. The highest BCUT2D eigenvalue weighted by molar-refractivity contribution is 7.84. The second kappa shape index (κ2) is 5.04. The van der Waals surface area contributed by atoms with Crippen molar-refractivity contribution in [2.24, 2.45) is 11.5 Å². The lowest BCUT2D eigenvalue weighted by atomic mass is 10.4. The van der Waals surface area contributed by atoms with Crippen LogP contribution >= 0.6 is 12.6 Å². The molecule has 0 aromatic rings. The first-order valence-electron chi connectivity index (χ1n) is 4.15. The normalized spacial score (nSPS) is 20.5. The summed E-state index contributed by atoms with van der Waals surface area (Å²) < 4.78 is 5.20. The first-order chi connectivity index (χ1) is 6.20. The molecule has 0 unspecified atom stereocenters. The molecule has 1 heterocycles. The zero-order chi connectivity index (χ0) is 9.68. The molecule has 5 heteroatoms. The quantitative estimate of drug-likeness (QED) is 0.429. The Morgan fingerprint density at radius 2 is 1.85 bits per heavy atom. The topological polar surface area (TPSA) is 64.5 Å². The molecule has 0 atom stereocenters. The molecule has 4 N–H and O–H groups in total. The summed E-state index contributed by atoms with van der Waals surface area (Å²) in [7, 11) is 0. The molecule has 74 valence electrons. The molecule has 0 aromatic carbocycles. The number of thiol groups is 1. The summed E-state index contributed by atoms with van der Waals surface area (Å²) in [6.45, 7) is 3.13. The molecule has 0 aliphatic carbocycles. The Balaban J connectivity index is 2.49. The monoisotopic (exact) mass is 201 g/mol. The highest BCUT2D eigenvalue weighted by Gasteiger charge is 2.09. The van der Waals surface area contributed by atoms with Gasteiger partial charge in [-0.25, -0.2) is 0 Å². The van der Waals surface area contributed by atoms with Crippen LogP contribution in [0.1, 0.15) is 0 Å². The molecule has 0 bridgehead atoms. The second-order valence-electron chi connectivity index (χ2n) is 2.78. The predicted octanol–water partition coefficient (Wildman–Crippen LogP) is -0.151. The third kappa shape index (κ3) is 3.61. The van der Waals surface area contributed by atoms with Crippen LogP contribution in [-0.2, 0) is 4.74 Å². The summed E-state index contributed by atoms with van der Waals surface area (Å²) in [5.41, 5.74) is 11.1. The standard InChI is InChI=1S/C8H15N3OS/c9-7(1-2-8(10)13)11-3-5-12-6-4-11/h1-2,13H,3-6,9-10H2/b7-1+,8-2+. The number of nitrogens with zero attached hydrogens (tertiary/aromatic N) is 1. The van der Waals surface area contributed by atoms with Gasteiger partial charge in [0, 0.05) is 13.1 Å². The van der Waals surface area contributed by atoms with E-state index < -0.39 is 0 Å². The third-order valence-corrected chi connectivity index (χ3v) is 1.95. The highest BCUT2D eigenvalue weighted by Crippen LogP contribution is 2.03. The molecule has 13 heavy (non-hydrogen) atoms. The van der Waals surface area contributed by atoms with Gasteiger partial charge in [-0.15, -0.1) is 12.6 Å². The summed E-state index contributed by atoms with van der Waals surface area (Å²) in [6.07, 6.45) is 3.43. The van der Waals surface area contributed by atoms with Crippen LogP contribution in [0.5, 0.6) is 0 Å². The van der Waals surface area contributed by atoms with Gasteiger partial charge in [0.2, 0.25) is 0 Å². The van der Waals surface area contributed by atoms with Gasteiger partial charge in [0.25, 0.3) is 0 Å². The average Bonchev–Trinajstić information content (AvgIpc) is 2.15. The number of hydrogen-bond acceptors (Lipinski definition) is 5. The first kappa shape index (κ1) is 10.3. The van der Waals surface area contributed by atoms with E-state index in [0.29, 0.717) is 10.9 Å². The zero-order valence-electron chi connectivity index (χ0n) is 7.44. The SMILES string of the molecule is N/C(S)=C\C=C(/N)N1CCOCC1. The van der Waals surface area contributed by atoms with Crippen molar-refractivity contribution < 1.29 is 4.74 Å². The van der Waals surface area contributed by atoms with Gasteiger partial charge in [-0.2, -0.15) is 0 Å². The molecule has 0 amide bonds. The lowest BCUT2D eigenvalue weighted by molar-refractivity contribution is 0.0530. The molecule has 1 aliphatic rings. The van der Waals surface area contributed by atoms with Crippen LogP contribution < -0.4 is 11.5 Å². The van der Waals surface area contributed by atoms with Crippen molar-refractivity contribution in [1.29, 1.82) is 0 Å². The van der Waals surface area contributed by atoms with E-state index in [1.807, 2.05) is 0 Å². The number of ether oxygens (including phenoxy) is 1. The van der Waals surface area contributed by atoms with E-state index in [0.717, 1.165) is 26.3 Å². The van der Waals surface area contributed by atoms with Gasteiger partial charge in [0.15, 0.2) is 0 Å². The zero-order valence-corrected chi connectivity index (χ0v) is 8.33. The van der Waals surface area contributed by atoms with Crippen LogP contribution in [0.15, 0.2) is 23.0 Å². The maximum absolute atomic E-state index is 5.79. The number of morpholine rings is 1. The molecule has 0 aromatic heterocycles. The molecule has 1 saturated heterocycles. The Kier molecular flexibility index (Phi) is 3.98. The predicted molar refractivity (Wildman–Crippen MR) is 55.9 cm³/mol. The number of hydrogen-bond donors (Lipinski definition) is 3. The van der Waals surface area contributed by atoms with Gasteiger partial charge in [-0.1, -0.05) is 0 Å². The van der Waals surface area contributed by atoms with Crippen molar-refractivity contribution in [2.75, 3.05) is 26.3 Å². The van der Waals surface area contributed by atoms with E-state index in [2.05, 4.69) is 17.5 Å². The van der Waals surface area contributed by atoms with E-state index in [4.69, 9.17) is 16.2 Å². The minimum Gasteiger partial charge on any atom is -0.394 e. The molecule has 0 radical (unpaired) electrons. The molecule has 4 nitrogen and oxygen atoms in total. The van der Waals surface area contributed by atoms with Gasteiger partial charge in [0.1, 0.15) is 0 Å². The highest BCUT2D eigenvalue weighted by atomic mass is 32.1. The fraction of sp³-hybridized carbons (Fsp3) is 0.500. The largest absolute Gasteiger partial charge is 0.394 e. The number of allylic oxidation sites excluding steroid dienone is 2. The van der Waals surface area contributed by atoms with E-state index >= 15 is 0 Å². The number of rotatable bonds is 2. The smallest absolute Gasteiger partial charge is 0.0988 e. The van der Waals surface area contributed by atoms with Crippen LogP contribution in [0, 0.1) is 0 Å². The fourth-order valence-electron chi connectivity index (χ4n) is 1.10. The van der Waals surface area contributed by atoms with E-state index in [9.17, 15) is 0 Å². The van der Waals surface area contributed by atoms with Crippen molar-refractivity contribution >= 4 is 12.6 Å². The van der Waals surface area contributed by atoms with Crippen molar-refractivity contribution in [2.45, 2.75) is 0 Å². The van der Waals surface area contributed by atoms with Crippen molar-refractivity contribution in [1.82, 2.24) is 4.90 Å². The van der Waals surface area contributed by atoms with Crippen LogP contribution in [-0.4, -0.2) is 31.2 Å². The Hall–Kier alpha value is -0.810. The van der Waals surface area contributed by atoms with E-state index in [1.165, 1.54) is 0 Å². The second-order valence-corrected chi connectivity index (χ2v) is 3.30. The Morgan fingerprint density at radius 3 is 2.38 bits per heavy atom. The van der Waals surface area contributed by atoms with E-state index in [1.54, 1.807) is 12.2 Å². The summed E-state index contributed by atoms with van der Waals surface area (Å²) in [5, 5.41) is 0.455. The van der Waals surface area contributed by atoms with Crippen molar-refractivity contribution in [3.8, 4) is 0 Å². The van der Waals surface area contributed by atoms with Crippen LogP contribution in [0.3, 0.4) is 0 Å². The van der Waals surface area contributed by atoms with Gasteiger partial charge >= 0.3 is 0 Å². The first-order valence-corrected chi connectivity index (χ1v) is 4.59. The van der Waals surface area contributed by atoms with Gasteiger partial charge in [-0.3, -0.25) is 0 Å². The van der Waals surface area contributed by atoms with Crippen LogP contribution in [0.2, 0.25) is 0 Å². The lowest BCUT2D eigenvalue weighted by Gasteiger charge is -2.28. The lowest BCUT2D eigenvalue weighted by Crippen LogP contribution is -2.38. The molecular formula is C8H15N3OS. The third-order valence-electron chi connectivity index (χ3n) is 1.80. The molecule has 0 spiro atoms. The Labute approximate surface area is 83.6 Å². The Morgan fingerprint density at radius 1 is 1.23 bits per heavy atom.